The molecular weight excluding hydrogens is 370 g/mol. The molecule has 1 atom stereocenters. The van der Waals surface area contributed by atoms with Gasteiger partial charge in [-0.05, 0) is 36.4 Å². The molecule has 0 spiro atoms. The molecule has 152 valence electrons. The van der Waals surface area contributed by atoms with Crippen LogP contribution < -0.4 is 19.3 Å². The standard InChI is InChI=1S/C22H25N3O4/c1-28-18-8-6-16(7-9-18)23-10-12-24(13-11-23)20-15-21(26)25(22(20)27)17-4-3-5-19(14-17)29-2/h3-9,14,20H,10-13,15H2,1-2H3/t20-/m0/s1. The Balaban J connectivity index is 1.42. The molecule has 2 amide bonds. The SMILES string of the molecule is COc1ccc(N2CCN([C@H]3CC(=O)N(c4cccc(OC)c4)C3=O)CC2)cc1. The van der Waals surface area contributed by atoms with E-state index in [0.29, 0.717) is 11.4 Å². The molecule has 2 aromatic rings. The van der Waals surface area contributed by atoms with Gasteiger partial charge in [0.05, 0.1) is 32.4 Å². The molecule has 2 aromatic carbocycles. The van der Waals surface area contributed by atoms with Crippen molar-refractivity contribution < 1.29 is 19.1 Å². The first-order chi connectivity index (χ1) is 14.1. The minimum absolute atomic E-state index is 0.152. The fourth-order valence-electron chi connectivity index (χ4n) is 4.01. The summed E-state index contributed by atoms with van der Waals surface area (Å²) in [6.45, 7) is 3.09. The van der Waals surface area contributed by atoms with Crippen molar-refractivity contribution in [2.75, 3.05) is 50.2 Å². The van der Waals surface area contributed by atoms with Crippen molar-refractivity contribution in [2.24, 2.45) is 0 Å². The zero-order chi connectivity index (χ0) is 20.4. The molecule has 0 aliphatic carbocycles. The van der Waals surface area contributed by atoms with Crippen molar-refractivity contribution in [1.82, 2.24) is 4.90 Å². The Morgan fingerprint density at radius 3 is 2.17 bits per heavy atom. The maximum Gasteiger partial charge on any atom is 0.251 e. The molecule has 2 fully saturated rings. The van der Waals surface area contributed by atoms with E-state index in [2.05, 4.69) is 9.80 Å². The molecule has 0 unspecified atom stereocenters. The van der Waals surface area contributed by atoms with Gasteiger partial charge in [-0.25, -0.2) is 4.90 Å². The van der Waals surface area contributed by atoms with Crippen molar-refractivity contribution in [2.45, 2.75) is 12.5 Å². The second-order valence-electron chi connectivity index (χ2n) is 7.21. The minimum Gasteiger partial charge on any atom is -0.497 e. The predicted molar refractivity (Wildman–Crippen MR) is 111 cm³/mol. The van der Waals surface area contributed by atoms with Crippen LogP contribution in [0.1, 0.15) is 6.42 Å². The first-order valence-electron chi connectivity index (χ1n) is 9.74. The molecule has 2 saturated heterocycles. The highest BCUT2D eigenvalue weighted by molar-refractivity contribution is 6.22. The number of anilines is 2. The number of rotatable bonds is 5. The van der Waals surface area contributed by atoms with Crippen LogP contribution in [0.4, 0.5) is 11.4 Å². The first kappa shape index (κ1) is 19.3. The molecule has 0 saturated carbocycles. The highest BCUT2D eigenvalue weighted by Gasteiger charge is 2.43. The molecule has 2 heterocycles. The molecule has 0 bridgehead atoms. The summed E-state index contributed by atoms with van der Waals surface area (Å²) in [7, 11) is 3.22. The van der Waals surface area contributed by atoms with Gasteiger partial charge >= 0.3 is 0 Å². The summed E-state index contributed by atoms with van der Waals surface area (Å²) in [5, 5.41) is 0. The van der Waals surface area contributed by atoms with Crippen LogP contribution in [0.15, 0.2) is 48.5 Å². The van der Waals surface area contributed by atoms with Crippen molar-refractivity contribution in [1.29, 1.82) is 0 Å². The molecule has 0 radical (unpaired) electrons. The fourth-order valence-corrected chi connectivity index (χ4v) is 4.01. The third kappa shape index (κ3) is 3.78. The zero-order valence-electron chi connectivity index (χ0n) is 16.7. The van der Waals surface area contributed by atoms with Crippen LogP contribution >= 0.6 is 0 Å². The summed E-state index contributed by atoms with van der Waals surface area (Å²) in [5.74, 6) is 1.15. The van der Waals surface area contributed by atoms with Gasteiger partial charge in [0.2, 0.25) is 5.91 Å². The van der Waals surface area contributed by atoms with Crippen LogP contribution in [0.3, 0.4) is 0 Å². The summed E-state index contributed by atoms with van der Waals surface area (Å²) in [5.41, 5.74) is 1.70. The second-order valence-corrected chi connectivity index (χ2v) is 7.21. The molecule has 4 rings (SSSR count). The highest BCUT2D eigenvalue weighted by atomic mass is 16.5. The van der Waals surface area contributed by atoms with Crippen LogP contribution in [0.2, 0.25) is 0 Å². The predicted octanol–water partition coefficient (Wildman–Crippen LogP) is 2.16. The van der Waals surface area contributed by atoms with Crippen LogP contribution in [0, 0.1) is 0 Å². The number of hydrogen-bond acceptors (Lipinski definition) is 6. The first-order valence-corrected chi connectivity index (χ1v) is 9.74. The molecule has 2 aliphatic heterocycles. The van der Waals surface area contributed by atoms with Crippen molar-refractivity contribution in [3.8, 4) is 11.5 Å². The smallest absolute Gasteiger partial charge is 0.251 e. The summed E-state index contributed by atoms with van der Waals surface area (Å²) in [6, 6.07) is 14.7. The molecule has 0 N–H and O–H groups in total. The van der Waals surface area contributed by atoms with Gasteiger partial charge < -0.3 is 14.4 Å². The third-order valence-corrected chi connectivity index (χ3v) is 5.63. The number of hydrogen-bond donors (Lipinski definition) is 0. The number of piperazine rings is 1. The van der Waals surface area contributed by atoms with Crippen LogP contribution in [-0.2, 0) is 9.59 Å². The Morgan fingerprint density at radius 1 is 0.828 bits per heavy atom. The Bertz CT molecular complexity index is 891. The maximum absolute atomic E-state index is 13.0. The number of ether oxygens (including phenoxy) is 2. The largest absolute Gasteiger partial charge is 0.497 e. The van der Waals surface area contributed by atoms with Gasteiger partial charge in [-0.15, -0.1) is 0 Å². The van der Waals surface area contributed by atoms with E-state index in [9.17, 15) is 9.59 Å². The van der Waals surface area contributed by atoms with Crippen LogP contribution in [-0.4, -0.2) is 63.2 Å². The lowest BCUT2D eigenvalue weighted by Crippen LogP contribution is -2.52. The lowest BCUT2D eigenvalue weighted by Gasteiger charge is -2.38. The Morgan fingerprint density at radius 2 is 1.52 bits per heavy atom. The summed E-state index contributed by atoms with van der Waals surface area (Å²) in [4.78, 5) is 31.3. The maximum atomic E-state index is 13.0. The van der Waals surface area contributed by atoms with Gasteiger partial charge in [-0.1, -0.05) is 6.07 Å². The van der Waals surface area contributed by atoms with E-state index >= 15 is 0 Å². The Labute approximate surface area is 170 Å². The average Bonchev–Trinajstić information content (AvgIpc) is 3.08. The highest BCUT2D eigenvalue weighted by Crippen LogP contribution is 2.29. The van der Waals surface area contributed by atoms with E-state index < -0.39 is 6.04 Å². The fraction of sp³-hybridized carbons (Fsp3) is 0.364. The monoisotopic (exact) mass is 395 g/mol. The van der Waals surface area contributed by atoms with Crippen molar-refractivity contribution in [3.05, 3.63) is 48.5 Å². The van der Waals surface area contributed by atoms with Gasteiger partial charge in [0.25, 0.3) is 5.91 Å². The van der Waals surface area contributed by atoms with Gasteiger partial charge in [-0.2, -0.15) is 0 Å². The van der Waals surface area contributed by atoms with Crippen molar-refractivity contribution >= 4 is 23.2 Å². The van der Waals surface area contributed by atoms with Gasteiger partial charge in [0, 0.05) is 37.9 Å². The van der Waals surface area contributed by atoms with Gasteiger partial charge in [0.15, 0.2) is 0 Å². The molecule has 7 heteroatoms. The summed E-state index contributed by atoms with van der Waals surface area (Å²) in [6.07, 6.45) is 0.221. The number of imide groups is 1. The lowest BCUT2D eigenvalue weighted by atomic mass is 10.1. The molecule has 7 nitrogen and oxygen atoms in total. The van der Waals surface area contributed by atoms with E-state index in [1.165, 1.54) is 4.90 Å². The molecule has 29 heavy (non-hydrogen) atoms. The van der Waals surface area contributed by atoms with Crippen molar-refractivity contribution in [3.63, 3.8) is 0 Å². The minimum atomic E-state index is -0.397. The molecular formula is C22H25N3O4. The molecule has 2 aliphatic rings. The van der Waals surface area contributed by atoms with Crippen LogP contribution in [0.5, 0.6) is 11.5 Å². The number of nitrogens with zero attached hydrogens (tertiary/aromatic N) is 3. The van der Waals surface area contributed by atoms with E-state index in [-0.39, 0.29) is 18.2 Å². The number of carbonyl (C=O) groups is 2. The van der Waals surface area contributed by atoms with E-state index in [1.807, 2.05) is 24.3 Å². The van der Waals surface area contributed by atoms with E-state index in [4.69, 9.17) is 9.47 Å². The number of amides is 2. The lowest BCUT2D eigenvalue weighted by molar-refractivity contribution is -0.123. The normalized spacial score (nSPS) is 20.3. The summed E-state index contributed by atoms with van der Waals surface area (Å²) >= 11 is 0. The zero-order valence-corrected chi connectivity index (χ0v) is 16.7. The summed E-state index contributed by atoms with van der Waals surface area (Å²) < 4.78 is 10.4. The second kappa shape index (κ2) is 8.13. The Hall–Kier alpha value is -3.06. The topological polar surface area (TPSA) is 62.3 Å². The van der Waals surface area contributed by atoms with Gasteiger partial charge in [-0.3, -0.25) is 14.5 Å². The quantitative estimate of drug-likeness (QED) is 0.723. The number of benzene rings is 2. The van der Waals surface area contributed by atoms with E-state index in [1.54, 1.807) is 38.5 Å². The Kier molecular flexibility index (Phi) is 5.40. The number of carbonyl (C=O) groups excluding carboxylic acids is 2. The molecule has 0 aromatic heterocycles. The number of methoxy groups -OCH3 is 2. The average molecular weight is 395 g/mol. The van der Waals surface area contributed by atoms with Gasteiger partial charge in [0.1, 0.15) is 11.5 Å². The third-order valence-electron chi connectivity index (χ3n) is 5.63. The van der Waals surface area contributed by atoms with Crippen LogP contribution in [0.25, 0.3) is 0 Å². The van der Waals surface area contributed by atoms with E-state index in [0.717, 1.165) is 37.6 Å².